The Hall–Kier alpha value is -1.77. The number of hydrogen-bond acceptors (Lipinski definition) is 3. The molecule has 0 spiro atoms. The number of ether oxygens (including phenoxy) is 1. The maximum Gasteiger partial charge on any atom is 0.165 e. The van der Waals surface area contributed by atoms with Crippen molar-refractivity contribution >= 4 is 11.5 Å². The minimum absolute atomic E-state index is 0.00557. The molecule has 0 radical (unpaired) electrons. The molecular formula is C14H19NO2. The zero-order valence-electron chi connectivity index (χ0n) is 10.9. The van der Waals surface area contributed by atoms with Gasteiger partial charge in [-0.15, -0.1) is 0 Å². The van der Waals surface area contributed by atoms with Crippen LogP contribution in [0.3, 0.4) is 0 Å². The molecule has 0 atom stereocenters. The first-order valence-electron chi connectivity index (χ1n) is 5.50. The molecule has 0 N–H and O–H groups in total. The number of benzene rings is 1. The topological polar surface area (TPSA) is 29.5 Å². The molecule has 0 heterocycles. The number of anilines is 1. The Morgan fingerprint density at radius 1 is 1.41 bits per heavy atom. The molecule has 92 valence electrons. The van der Waals surface area contributed by atoms with Gasteiger partial charge in [0, 0.05) is 13.6 Å². The van der Waals surface area contributed by atoms with E-state index in [4.69, 9.17) is 4.74 Å². The van der Waals surface area contributed by atoms with Gasteiger partial charge < -0.3 is 9.64 Å². The third-order valence-electron chi connectivity index (χ3n) is 2.49. The predicted octanol–water partition coefficient (Wildman–Crippen LogP) is 2.91. The van der Waals surface area contributed by atoms with Crippen LogP contribution in [0.15, 0.2) is 30.4 Å². The highest BCUT2D eigenvalue weighted by molar-refractivity contribution is 6.02. The van der Waals surface area contributed by atoms with Crippen LogP contribution in [0.25, 0.3) is 0 Å². The Labute approximate surface area is 103 Å². The highest BCUT2D eigenvalue weighted by Gasteiger charge is 2.16. The first-order valence-corrected chi connectivity index (χ1v) is 5.50. The molecule has 1 rings (SSSR count). The number of rotatable bonds is 5. The summed E-state index contributed by atoms with van der Waals surface area (Å²) in [6.45, 7) is 8.11. The second-order valence-electron chi connectivity index (χ2n) is 4.22. The Balaban J connectivity index is 3.22. The fraction of sp³-hybridized carbons (Fsp3) is 0.357. The molecule has 1 aromatic carbocycles. The van der Waals surface area contributed by atoms with E-state index in [0.29, 0.717) is 17.9 Å². The van der Waals surface area contributed by atoms with Crippen LogP contribution in [-0.2, 0) is 0 Å². The van der Waals surface area contributed by atoms with Gasteiger partial charge in [0.25, 0.3) is 0 Å². The van der Waals surface area contributed by atoms with Crippen LogP contribution < -0.4 is 9.64 Å². The molecule has 0 aliphatic carbocycles. The quantitative estimate of drug-likeness (QED) is 0.578. The van der Waals surface area contributed by atoms with E-state index in [-0.39, 0.29) is 5.78 Å². The van der Waals surface area contributed by atoms with E-state index in [0.717, 1.165) is 11.3 Å². The lowest BCUT2D eigenvalue weighted by molar-refractivity contribution is 0.101. The van der Waals surface area contributed by atoms with Crippen molar-refractivity contribution in [1.29, 1.82) is 0 Å². The molecule has 3 heteroatoms. The SMILES string of the molecule is C=C(C)CN(C)c1cccc(OC)c1C(C)=O. The summed E-state index contributed by atoms with van der Waals surface area (Å²) in [5, 5.41) is 0. The zero-order valence-corrected chi connectivity index (χ0v) is 10.9. The lowest BCUT2D eigenvalue weighted by Crippen LogP contribution is -2.21. The number of methoxy groups -OCH3 is 1. The lowest BCUT2D eigenvalue weighted by atomic mass is 10.1. The van der Waals surface area contributed by atoms with Crippen molar-refractivity contribution < 1.29 is 9.53 Å². The zero-order chi connectivity index (χ0) is 13.0. The molecule has 0 aliphatic heterocycles. The number of likely N-dealkylation sites (N-methyl/N-ethyl adjacent to an activating group) is 1. The molecule has 0 bridgehead atoms. The van der Waals surface area contributed by atoms with Crippen molar-refractivity contribution in [3.63, 3.8) is 0 Å². The molecule has 0 amide bonds. The molecule has 1 aromatic rings. The number of hydrogen-bond donors (Lipinski definition) is 0. The summed E-state index contributed by atoms with van der Waals surface area (Å²) in [4.78, 5) is 13.7. The number of nitrogens with zero attached hydrogens (tertiary/aromatic N) is 1. The molecule has 17 heavy (non-hydrogen) atoms. The van der Waals surface area contributed by atoms with Crippen LogP contribution in [0, 0.1) is 0 Å². The second kappa shape index (κ2) is 5.53. The predicted molar refractivity (Wildman–Crippen MR) is 71.1 cm³/mol. The third-order valence-corrected chi connectivity index (χ3v) is 2.49. The van der Waals surface area contributed by atoms with Crippen LogP contribution in [0.1, 0.15) is 24.2 Å². The van der Waals surface area contributed by atoms with Crippen molar-refractivity contribution in [3.05, 3.63) is 35.9 Å². The second-order valence-corrected chi connectivity index (χ2v) is 4.22. The normalized spacial score (nSPS) is 9.88. The van der Waals surface area contributed by atoms with Gasteiger partial charge >= 0.3 is 0 Å². The average Bonchev–Trinajstić information content (AvgIpc) is 2.26. The van der Waals surface area contributed by atoms with Crippen molar-refractivity contribution in [2.24, 2.45) is 0 Å². The van der Waals surface area contributed by atoms with Gasteiger partial charge in [0.1, 0.15) is 5.75 Å². The van der Waals surface area contributed by atoms with Crippen LogP contribution in [0.2, 0.25) is 0 Å². The lowest BCUT2D eigenvalue weighted by Gasteiger charge is -2.23. The summed E-state index contributed by atoms with van der Waals surface area (Å²) in [5.41, 5.74) is 2.54. The molecular weight excluding hydrogens is 214 g/mol. The Morgan fingerprint density at radius 3 is 2.53 bits per heavy atom. The highest BCUT2D eigenvalue weighted by atomic mass is 16.5. The van der Waals surface area contributed by atoms with E-state index in [1.807, 2.05) is 31.0 Å². The number of ketones is 1. The van der Waals surface area contributed by atoms with Crippen molar-refractivity contribution in [2.75, 3.05) is 25.6 Å². The summed E-state index contributed by atoms with van der Waals surface area (Å²) in [6, 6.07) is 5.60. The van der Waals surface area contributed by atoms with E-state index in [9.17, 15) is 4.79 Å². The summed E-state index contributed by atoms with van der Waals surface area (Å²) in [7, 11) is 3.51. The van der Waals surface area contributed by atoms with Crippen LogP contribution in [-0.4, -0.2) is 26.5 Å². The van der Waals surface area contributed by atoms with Gasteiger partial charge in [-0.05, 0) is 26.0 Å². The third kappa shape index (κ3) is 3.09. The minimum atomic E-state index is 0.00557. The van der Waals surface area contributed by atoms with Crippen LogP contribution in [0.5, 0.6) is 5.75 Å². The van der Waals surface area contributed by atoms with Gasteiger partial charge in [0.05, 0.1) is 18.4 Å². The first-order chi connectivity index (χ1) is 7.97. The van der Waals surface area contributed by atoms with E-state index >= 15 is 0 Å². The summed E-state index contributed by atoms with van der Waals surface area (Å²) in [5.74, 6) is 0.620. The maximum absolute atomic E-state index is 11.7. The number of carbonyl (C=O) groups is 1. The molecule has 0 saturated carbocycles. The van der Waals surface area contributed by atoms with Gasteiger partial charge in [0.15, 0.2) is 5.78 Å². The average molecular weight is 233 g/mol. The molecule has 0 aromatic heterocycles. The minimum Gasteiger partial charge on any atom is -0.496 e. The van der Waals surface area contributed by atoms with Gasteiger partial charge in [-0.3, -0.25) is 4.79 Å². The standard InChI is InChI=1S/C14H19NO2/c1-10(2)9-15(4)12-7-6-8-13(17-5)14(12)11(3)16/h6-8H,1,9H2,2-5H3. The van der Waals surface area contributed by atoms with Gasteiger partial charge in [-0.25, -0.2) is 0 Å². The number of carbonyl (C=O) groups excluding carboxylic acids is 1. The Kier molecular flexibility index (Phi) is 4.32. The first kappa shape index (κ1) is 13.3. The van der Waals surface area contributed by atoms with Gasteiger partial charge in [-0.2, -0.15) is 0 Å². The summed E-state index contributed by atoms with van der Waals surface area (Å²) in [6.07, 6.45) is 0. The van der Waals surface area contributed by atoms with Crippen LogP contribution in [0.4, 0.5) is 5.69 Å². The molecule has 0 fully saturated rings. The molecule has 0 unspecified atom stereocenters. The van der Waals surface area contributed by atoms with Crippen molar-refractivity contribution in [1.82, 2.24) is 0 Å². The highest BCUT2D eigenvalue weighted by Crippen LogP contribution is 2.29. The van der Waals surface area contributed by atoms with Crippen molar-refractivity contribution in [2.45, 2.75) is 13.8 Å². The van der Waals surface area contributed by atoms with Crippen molar-refractivity contribution in [3.8, 4) is 5.75 Å². The monoisotopic (exact) mass is 233 g/mol. The molecule has 0 aliphatic rings. The Morgan fingerprint density at radius 2 is 2.06 bits per heavy atom. The fourth-order valence-corrected chi connectivity index (χ4v) is 1.85. The van der Waals surface area contributed by atoms with Gasteiger partial charge in [-0.1, -0.05) is 18.2 Å². The Bertz CT molecular complexity index is 438. The van der Waals surface area contributed by atoms with E-state index in [2.05, 4.69) is 6.58 Å². The maximum atomic E-state index is 11.7. The largest absolute Gasteiger partial charge is 0.496 e. The number of Topliss-reactive ketones (excluding diaryl/α,β-unsaturated/α-hetero) is 1. The summed E-state index contributed by atoms with van der Waals surface area (Å²) < 4.78 is 5.23. The van der Waals surface area contributed by atoms with E-state index < -0.39 is 0 Å². The van der Waals surface area contributed by atoms with E-state index in [1.54, 1.807) is 20.1 Å². The molecule has 3 nitrogen and oxygen atoms in total. The summed E-state index contributed by atoms with van der Waals surface area (Å²) >= 11 is 0. The smallest absolute Gasteiger partial charge is 0.165 e. The fourth-order valence-electron chi connectivity index (χ4n) is 1.85. The van der Waals surface area contributed by atoms with Gasteiger partial charge in [0.2, 0.25) is 0 Å². The van der Waals surface area contributed by atoms with E-state index in [1.165, 1.54) is 0 Å². The molecule has 0 saturated heterocycles. The van der Waals surface area contributed by atoms with Crippen LogP contribution >= 0.6 is 0 Å².